The Kier molecular flexibility index (Phi) is 4.57. The fourth-order valence-corrected chi connectivity index (χ4v) is 3.03. The lowest BCUT2D eigenvalue weighted by Crippen LogP contribution is -2.42. The van der Waals surface area contributed by atoms with Crippen molar-refractivity contribution in [1.29, 1.82) is 0 Å². The van der Waals surface area contributed by atoms with Crippen molar-refractivity contribution in [3.63, 3.8) is 0 Å². The second kappa shape index (κ2) is 5.96. The van der Waals surface area contributed by atoms with E-state index in [0.717, 1.165) is 12.5 Å². The quantitative estimate of drug-likeness (QED) is 0.755. The van der Waals surface area contributed by atoms with Crippen molar-refractivity contribution in [2.45, 2.75) is 45.1 Å². The molecule has 0 N–H and O–H groups in total. The largest absolute Gasteiger partial charge is 0.380 e. The van der Waals surface area contributed by atoms with E-state index in [1.807, 2.05) is 0 Å². The molecule has 0 spiro atoms. The van der Waals surface area contributed by atoms with E-state index in [2.05, 4.69) is 18.9 Å². The van der Waals surface area contributed by atoms with Crippen molar-refractivity contribution in [1.82, 2.24) is 4.90 Å². The van der Waals surface area contributed by atoms with Crippen molar-refractivity contribution in [3.8, 4) is 0 Å². The Bertz CT molecular complexity index is 259. The summed E-state index contributed by atoms with van der Waals surface area (Å²) in [6, 6.07) is 0.681. The smallest absolute Gasteiger partial charge is 0.141 e. The molecule has 0 aromatic carbocycles. The maximum absolute atomic E-state index is 11.8. The molecule has 1 saturated heterocycles. The number of Topliss-reactive ketones (excluding diaryl/α,β-unsaturated/α-hetero) is 1. The topological polar surface area (TPSA) is 29.5 Å². The third-order valence-electron chi connectivity index (χ3n) is 4.38. The summed E-state index contributed by atoms with van der Waals surface area (Å²) < 4.78 is 5.41. The molecule has 0 radical (unpaired) electrons. The minimum absolute atomic E-state index is 0.119. The standard InChI is InChI=1S/C14H25NO2/c1-11-3-5-13(6-4-11)15(2)9-12-10-17-8-7-14(12)16/h11-13H,3-10H2,1-2H3. The zero-order chi connectivity index (χ0) is 12.3. The highest BCUT2D eigenvalue weighted by Gasteiger charge is 2.28. The number of nitrogens with zero attached hydrogens (tertiary/aromatic N) is 1. The molecule has 0 amide bonds. The first-order chi connectivity index (χ1) is 8.16. The van der Waals surface area contributed by atoms with Crippen LogP contribution < -0.4 is 0 Å². The van der Waals surface area contributed by atoms with Crippen LogP contribution in [0.3, 0.4) is 0 Å². The summed E-state index contributed by atoms with van der Waals surface area (Å²) in [7, 11) is 2.17. The first-order valence-corrected chi connectivity index (χ1v) is 6.97. The molecule has 0 aromatic heterocycles. The molecule has 1 atom stereocenters. The molecule has 3 nitrogen and oxygen atoms in total. The van der Waals surface area contributed by atoms with Crippen LogP contribution in [0.2, 0.25) is 0 Å². The Morgan fingerprint density at radius 1 is 1.29 bits per heavy atom. The summed E-state index contributed by atoms with van der Waals surface area (Å²) in [5.74, 6) is 1.40. The molecule has 1 aliphatic heterocycles. The van der Waals surface area contributed by atoms with Crippen LogP contribution in [0.1, 0.15) is 39.0 Å². The van der Waals surface area contributed by atoms with Crippen molar-refractivity contribution >= 4 is 5.78 Å². The number of ether oxygens (including phenoxy) is 1. The third kappa shape index (κ3) is 3.52. The molecule has 1 heterocycles. The highest BCUT2D eigenvalue weighted by molar-refractivity contribution is 5.82. The molecular formula is C14H25NO2. The normalized spacial score (nSPS) is 35.2. The van der Waals surface area contributed by atoms with Crippen molar-refractivity contribution in [3.05, 3.63) is 0 Å². The number of hydrogen-bond acceptors (Lipinski definition) is 3. The second-order valence-electron chi connectivity index (χ2n) is 5.84. The Morgan fingerprint density at radius 2 is 2.00 bits per heavy atom. The number of hydrogen-bond donors (Lipinski definition) is 0. The lowest BCUT2D eigenvalue weighted by atomic mass is 9.86. The van der Waals surface area contributed by atoms with Gasteiger partial charge in [0, 0.05) is 19.0 Å². The summed E-state index contributed by atoms with van der Waals surface area (Å²) in [5.41, 5.74) is 0. The highest BCUT2D eigenvalue weighted by atomic mass is 16.5. The summed E-state index contributed by atoms with van der Waals surface area (Å²) in [6.45, 7) is 4.49. The van der Waals surface area contributed by atoms with E-state index in [4.69, 9.17) is 4.74 Å². The monoisotopic (exact) mass is 239 g/mol. The van der Waals surface area contributed by atoms with Gasteiger partial charge in [0.25, 0.3) is 0 Å². The zero-order valence-electron chi connectivity index (χ0n) is 11.2. The van der Waals surface area contributed by atoms with E-state index < -0.39 is 0 Å². The van der Waals surface area contributed by atoms with Crippen molar-refractivity contribution in [2.24, 2.45) is 11.8 Å². The van der Waals surface area contributed by atoms with Gasteiger partial charge >= 0.3 is 0 Å². The van der Waals surface area contributed by atoms with Gasteiger partial charge in [-0.15, -0.1) is 0 Å². The zero-order valence-corrected chi connectivity index (χ0v) is 11.2. The molecule has 2 fully saturated rings. The average Bonchev–Trinajstić information content (AvgIpc) is 2.33. The summed E-state index contributed by atoms with van der Waals surface area (Å²) in [5, 5.41) is 0. The Hall–Kier alpha value is -0.410. The highest BCUT2D eigenvalue weighted by Crippen LogP contribution is 2.27. The van der Waals surface area contributed by atoms with Crippen LogP contribution in [0.5, 0.6) is 0 Å². The number of carbonyl (C=O) groups excluding carboxylic acids is 1. The molecular weight excluding hydrogens is 214 g/mol. The minimum atomic E-state index is 0.119. The fraction of sp³-hybridized carbons (Fsp3) is 0.929. The van der Waals surface area contributed by atoms with Gasteiger partial charge in [-0.3, -0.25) is 4.79 Å². The lowest BCUT2D eigenvalue weighted by Gasteiger charge is -2.36. The van der Waals surface area contributed by atoms with E-state index >= 15 is 0 Å². The van der Waals surface area contributed by atoms with Gasteiger partial charge in [-0.25, -0.2) is 0 Å². The third-order valence-corrected chi connectivity index (χ3v) is 4.38. The van der Waals surface area contributed by atoms with Gasteiger partial charge < -0.3 is 9.64 Å². The molecule has 2 rings (SSSR count). The lowest BCUT2D eigenvalue weighted by molar-refractivity contribution is -0.131. The number of carbonyl (C=O) groups is 1. The van der Waals surface area contributed by atoms with Crippen LogP contribution in [-0.2, 0) is 9.53 Å². The molecule has 0 aromatic rings. The van der Waals surface area contributed by atoms with Crippen LogP contribution >= 0.6 is 0 Å². The number of ketones is 1. The molecule has 0 bridgehead atoms. The molecule has 17 heavy (non-hydrogen) atoms. The van der Waals surface area contributed by atoms with Gasteiger partial charge in [0.1, 0.15) is 5.78 Å². The van der Waals surface area contributed by atoms with E-state index in [1.165, 1.54) is 25.7 Å². The minimum Gasteiger partial charge on any atom is -0.380 e. The van der Waals surface area contributed by atoms with Crippen LogP contribution in [0.4, 0.5) is 0 Å². The SMILES string of the molecule is CC1CCC(N(C)CC2COCCC2=O)CC1. The molecule has 2 aliphatic rings. The number of rotatable bonds is 3. The van der Waals surface area contributed by atoms with Crippen LogP contribution in [0, 0.1) is 11.8 Å². The summed E-state index contributed by atoms with van der Waals surface area (Å²) in [6.07, 6.45) is 5.87. The molecule has 1 aliphatic carbocycles. The van der Waals surface area contributed by atoms with Gasteiger partial charge in [-0.2, -0.15) is 0 Å². The first-order valence-electron chi connectivity index (χ1n) is 6.97. The molecule has 98 valence electrons. The van der Waals surface area contributed by atoms with E-state index in [0.29, 0.717) is 31.5 Å². The second-order valence-corrected chi connectivity index (χ2v) is 5.84. The van der Waals surface area contributed by atoms with Gasteiger partial charge in [0.2, 0.25) is 0 Å². The predicted molar refractivity (Wildman–Crippen MR) is 68.0 cm³/mol. The van der Waals surface area contributed by atoms with Crippen molar-refractivity contribution < 1.29 is 9.53 Å². The predicted octanol–water partition coefficient (Wildman–Crippen LogP) is 2.10. The molecule has 3 heteroatoms. The van der Waals surface area contributed by atoms with Crippen LogP contribution in [-0.4, -0.2) is 43.5 Å². The van der Waals surface area contributed by atoms with E-state index in [9.17, 15) is 4.79 Å². The van der Waals surface area contributed by atoms with E-state index in [-0.39, 0.29) is 5.92 Å². The molecule has 1 saturated carbocycles. The maximum atomic E-state index is 11.8. The average molecular weight is 239 g/mol. The van der Waals surface area contributed by atoms with Gasteiger partial charge in [0.15, 0.2) is 0 Å². The maximum Gasteiger partial charge on any atom is 0.141 e. The van der Waals surface area contributed by atoms with Gasteiger partial charge in [-0.05, 0) is 38.6 Å². The van der Waals surface area contributed by atoms with Crippen LogP contribution in [0.15, 0.2) is 0 Å². The summed E-state index contributed by atoms with van der Waals surface area (Å²) >= 11 is 0. The van der Waals surface area contributed by atoms with Gasteiger partial charge in [0.05, 0.1) is 19.1 Å². The van der Waals surface area contributed by atoms with Crippen LogP contribution in [0.25, 0.3) is 0 Å². The Morgan fingerprint density at radius 3 is 2.65 bits per heavy atom. The summed E-state index contributed by atoms with van der Waals surface area (Å²) in [4.78, 5) is 14.1. The first kappa shape index (κ1) is 13.0. The Labute approximate surface area is 105 Å². The van der Waals surface area contributed by atoms with Gasteiger partial charge in [-0.1, -0.05) is 6.92 Å². The van der Waals surface area contributed by atoms with Crippen molar-refractivity contribution in [2.75, 3.05) is 26.8 Å². The molecule has 1 unspecified atom stereocenters. The Balaban J connectivity index is 1.79. The fourth-order valence-electron chi connectivity index (χ4n) is 3.03. The van der Waals surface area contributed by atoms with E-state index in [1.54, 1.807) is 0 Å².